The highest BCUT2D eigenvalue weighted by Crippen LogP contribution is 2.20. The summed E-state index contributed by atoms with van der Waals surface area (Å²) in [5.41, 5.74) is -1.03. The van der Waals surface area contributed by atoms with Gasteiger partial charge in [0.15, 0.2) is 6.61 Å². The van der Waals surface area contributed by atoms with Crippen molar-refractivity contribution in [2.75, 3.05) is 13.7 Å². The van der Waals surface area contributed by atoms with Crippen molar-refractivity contribution in [3.05, 3.63) is 42.5 Å². The Bertz CT molecular complexity index is 728. The van der Waals surface area contributed by atoms with Crippen LogP contribution in [0.2, 0.25) is 0 Å². The van der Waals surface area contributed by atoms with Crippen LogP contribution in [0.1, 0.15) is 26.7 Å². The third kappa shape index (κ3) is 4.25. The van der Waals surface area contributed by atoms with Crippen molar-refractivity contribution in [1.82, 2.24) is 5.32 Å². The van der Waals surface area contributed by atoms with E-state index in [9.17, 15) is 9.59 Å². The molecule has 0 bridgehead atoms. The molecule has 128 valence electrons. The summed E-state index contributed by atoms with van der Waals surface area (Å²) in [6, 6.07) is 13.6. The molecule has 1 atom stereocenters. The van der Waals surface area contributed by atoms with Crippen LogP contribution in [0, 0.1) is 0 Å². The van der Waals surface area contributed by atoms with Gasteiger partial charge in [0.1, 0.15) is 11.3 Å². The van der Waals surface area contributed by atoms with Gasteiger partial charge in [0.05, 0.1) is 7.11 Å². The van der Waals surface area contributed by atoms with E-state index in [2.05, 4.69) is 5.32 Å². The molecule has 5 heteroatoms. The van der Waals surface area contributed by atoms with Crippen molar-refractivity contribution >= 4 is 22.6 Å². The Kier molecular flexibility index (Phi) is 5.79. The van der Waals surface area contributed by atoms with Crippen LogP contribution in [0.4, 0.5) is 0 Å². The second kappa shape index (κ2) is 7.81. The maximum Gasteiger partial charge on any atom is 0.331 e. The van der Waals surface area contributed by atoms with Crippen molar-refractivity contribution in [1.29, 1.82) is 0 Å². The number of fused-ring (bicyclic) bond motifs is 1. The van der Waals surface area contributed by atoms with Gasteiger partial charge < -0.3 is 14.8 Å². The molecular weight excluding hydrogens is 306 g/mol. The van der Waals surface area contributed by atoms with Crippen LogP contribution in [-0.2, 0) is 14.3 Å². The minimum atomic E-state index is -1.03. The highest BCUT2D eigenvalue weighted by Gasteiger charge is 2.35. The Morgan fingerprint density at radius 1 is 1.12 bits per heavy atom. The number of methoxy groups -OCH3 is 1. The lowest BCUT2D eigenvalue weighted by Gasteiger charge is -2.27. The molecule has 2 rings (SSSR count). The molecule has 1 unspecified atom stereocenters. The molecule has 0 aliphatic heterocycles. The van der Waals surface area contributed by atoms with Gasteiger partial charge in [0.25, 0.3) is 5.91 Å². The predicted octanol–water partition coefficient (Wildman–Crippen LogP) is 3.07. The minimum absolute atomic E-state index is 0.158. The SMILES string of the molecule is CCCC(C)(NC(=O)COc1ccc2ccccc2c1)C(=O)OC. The van der Waals surface area contributed by atoms with Crippen LogP contribution in [0.15, 0.2) is 42.5 Å². The maximum absolute atomic E-state index is 12.1. The number of ether oxygens (including phenoxy) is 2. The molecule has 0 aliphatic carbocycles. The lowest BCUT2D eigenvalue weighted by Crippen LogP contribution is -2.53. The summed E-state index contributed by atoms with van der Waals surface area (Å²) in [4.78, 5) is 24.0. The van der Waals surface area contributed by atoms with Crippen molar-refractivity contribution in [3.8, 4) is 5.75 Å². The third-order valence-electron chi connectivity index (χ3n) is 3.89. The Balaban J connectivity index is 1.99. The van der Waals surface area contributed by atoms with Gasteiger partial charge in [-0.15, -0.1) is 0 Å². The third-order valence-corrected chi connectivity index (χ3v) is 3.89. The fraction of sp³-hybridized carbons (Fsp3) is 0.368. The van der Waals surface area contributed by atoms with Gasteiger partial charge in [-0.1, -0.05) is 43.7 Å². The van der Waals surface area contributed by atoms with Gasteiger partial charge >= 0.3 is 5.97 Å². The van der Waals surface area contributed by atoms with E-state index in [1.807, 2.05) is 49.4 Å². The minimum Gasteiger partial charge on any atom is -0.484 e. The van der Waals surface area contributed by atoms with Crippen molar-refractivity contribution in [2.45, 2.75) is 32.2 Å². The van der Waals surface area contributed by atoms with Gasteiger partial charge in [-0.05, 0) is 36.2 Å². The smallest absolute Gasteiger partial charge is 0.331 e. The first-order valence-corrected chi connectivity index (χ1v) is 7.99. The fourth-order valence-electron chi connectivity index (χ4n) is 2.69. The second-order valence-electron chi connectivity index (χ2n) is 5.92. The number of hydrogen-bond donors (Lipinski definition) is 1. The lowest BCUT2D eigenvalue weighted by molar-refractivity contribution is -0.150. The van der Waals surface area contributed by atoms with Crippen LogP contribution in [0.25, 0.3) is 10.8 Å². The number of carbonyl (C=O) groups is 2. The van der Waals surface area contributed by atoms with E-state index in [4.69, 9.17) is 9.47 Å². The predicted molar refractivity (Wildman–Crippen MR) is 92.9 cm³/mol. The molecule has 0 heterocycles. The van der Waals surface area contributed by atoms with Gasteiger partial charge in [-0.25, -0.2) is 4.79 Å². The van der Waals surface area contributed by atoms with Gasteiger partial charge in [-0.2, -0.15) is 0 Å². The highest BCUT2D eigenvalue weighted by molar-refractivity contribution is 5.88. The first-order valence-electron chi connectivity index (χ1n) is 7.99. The summed E-state index contributed by atoms with van der Waals surface area (Å²) in [6.45, 7) is 3.45. The standard InChI is InChI=1S/C19H23NO4/c1-4-11-19(2,18(22)23-3)20-17(21)13-24-16-10-9-14-7-5-6-8-15(14)12-16/h5-10,12H,4,11,13H2,1-3H3,(H,20,21). The number of esters is 1. The Morgan fingerprint density at radius 2 is 1.83 bits per heavy atom. The molecule has 5 nitrogen and oxygen atoms in total. The Hall–Kier alpha value is -2.56. The monoisotopic (exact) mass is 329 g/mol. The lowest BCUT2D eigenvalue weighted by atomic mass is 9.96. The van der Waals surface area contributed by atoms with Crippen LogP contribution in [-0.4, -0.2) is 31.1 Å². The highest BCUT2D eigenvalue weighted by atomic mass is 16.5. The van der Waals surface area contributed by atoms with E-state index in [0.29, 0.717) is 12.2 Å². The summed E-state index contributed by atoms with van der Waals surface area (Å²) >= 11 is 0. The van der Waals surface area contributed by atoms with E-state index < -0.39 is 11.5 Å². The first-order chi connectivity index (χ1) is 11.5. The molecule has 0 spiro atoms. The van der Waals surface area contributed by atoms with E-state index in [1.165, 1.54) is 7.11 Å². The zero-order valence-electron chi connectivity index (χ0n) is 14.3. The number of amides is 1. The maximum atomic E-state index is 12.1. The summed E-state index contributed by atoms with van der Waals surface area (Å²) in [5.74, 6) is -0.202. The van der Waals surface area contributed by atoms with E-state index in [1.54, 1.807) is 6.92 Å². The van der Waals surface area contributed by atoms with Crippen LogP contribution >= 0.6 is 0 Å². The van der Waals surface area contributed by atoms with Gasteiger partial charge in [0, 0.05) is 0 Å². The number of rotatable bonds is 7. The van der Waals surface area contributed by atoms with Crippen LogP contribution < -0.4 is 10.1 Å². The fourth-order valence-corrected chi connectivity index (χ4v) is 2.69. The second-order valence-corrected chi connectivity index (χ2v) is 5.92. The van der Waals surface area contributed by atoms with Crippen molar-refractivity contribution < 1.29 is 19.1 Å². The van der Waals surface area contributed by atoms with Crippen LogP contribution in [0.3, 0.4) is 0 Å². The van der Waals surface area contributed by atoms with E-state index >= 15 is 0 Å². The normalized spacial score (nSPS) is 13.1. The van der Waals surface area contributed by atoms with E-state index in [0.717, 1.165) is 17.2 Å². The molecule has 24 heavy (non-hydrogen) atoms. The number of nitrogens with one attached hydrogen (secondary N) is 1. The van der Waals surface area contributed by atoms with Crippen molar-refractivity contribution in [3.63, 3.8) is 0 Å². The molecule has 0 fully saturated rings. The molecule has 0 saturated carbocycles. The summed E-state index contributed by atoms with van der Waals surface area (Å²) in [6.07, 6.45) is 1.25. The van der Waals surface area contributed by atoms with E-state index in [-0.39, 0.29) is 12.5 Å². The Morgan fingerprint density at radius 3 is 2.50 bits per heavy atom. The largest absolute Gasteiger partial charge is 0.484 e. The molecule has 2 aromatic carbocycles. The van der Waals surface area contributed by atoms with Crippen LogP contribution in [0.5, 0.6) is 5.75 Å². The summed E-state index contributed by atoms with van der Waals surface area (Å²) in [5, 5.41) is 4.86. The zero-order chi connectivity index (χ0) is 17.6. The average molecular weight is 329 g/mol. The van der Waals surface area contributed by atoms with Crippen molar-refractivity contribution in [2.24, 2.45) is 0 Å². The molecule has 0 saturated heterocycles. The molecule has 0 aromatic heterocycles. The summed E-state index contributed by atoms with van der Waals surface area (Å²) < 4.78 is 10.3. The quantitative estimate of drug-likeness (QED) is 0.793. The topological polar surface area (TPSA) is 64.6 Å². The number of benzene rings is 2. The first kappa shape index (κ1) is 17.8. The zero-order valence-corrected chi connectivity index (χ0v) is 14.3. The molecule has 2 aromatic rings. The van der Waals surface area contributed by atoms with Gasteiger partial charge in [-0.3, -0.25) is 4.79 Å². The average Bonchev–Trinajstić information content (AvgIpc) is 2.59. The Labute approximate surface area is 141 Å². The molecule has 1 amide bonds. The molecule has 0 radical (unpaired) electrons. The van der Waals surface area contributed by atoms with Gasteiger partial charge in [0.2, 0.25) is 0 Å². The molecule has 1 N–H and O–H groups in total. The molecular formula is C19H23NO4. The molecule has 0 aliphatic rings. The number of hydrogen-bond acceptors (Lipinski definition) is 4. The number of carbonyl (C=O) groups excluding carboxylic acids is 2. The summed E-state index contributed by atoms with van der Waals surface area (Å²) in [7, 11) is 1.31.